The lowest BCUT2D eigenvalue weighted by molar-refractivity contribution is 0.475. The molecule has 0 atom stereocenters. The van der Waals surface area contributed by atoms with E-state index in [2.05, 4.69) is 12.2 Å². The molecule has 0 saturated heterocycles. The van der Waals surface area contributed by atoms with Gasteiger partial charge in [-0.15, -0.1) is 0 Å². The zero-order valence-corrected chi connectivity index (χ0v) is 8.09. The monoisotopic (exact) mass is 179 g/mol. The van der Waals surface area contributed by atoms with E-state index in [1.807, 2.05) is 12.1 Å². The zero-order valence-electron chi connectivity index (χ0n) is 8.09. The molecule has 0 aliphatic rings. The summed E-state index contributed by atoms with van der Waals surface area (Å²) < 4.78 is 0. The van der Waals surface area contributed by atoms with Gasteiger partial charge in [0.2, 0.25) is 0 Å². The first kappa shape index (κ1) is 10.1. The van der Waals surface area contributed by atoms with Gasteiger partial charge in [-0.25, -0.2) is 0 Å². The maximum Gasteiger partial charge on any atom is 0.115 e. The zero-order chi connectivity index (χ0) is 9.52. The molecule has 0 aliphatic carbocycles. The Balaban J connectivity index is 2.25. The van der Waals surface area contributed by atoms with E-state index in [-0.39, 0.29) is 0 Å². The molecule has 0 spiro atoms. The van der Waals surface area contributed by atoms with Crippen LogP contribution >= 0.6 is 0 Å². The summed E-state index contributed by atoms with van der Waals surface area (Å²) in [6.45, 7) is 4.14. The van der Waals surface area contributed by atoms with Crippen LogP contribution < -0.4 is 5.32 Å². The summed E-state index contributed by atoms with van der Waals surface area (Å²) in [6, 6.07) is 7.32. The summed E-state index contributed by atoms with van der Waals surface area (Å²) >= 11 is 0. The predicted molar refractivity (Wildman–Crippen MR) is 54.7 cm³/mol. The van der Waals surface area contributed by atoms with E-state index in [1.165, 1.54) is 18.4 Å². The fraction of sp³-hybridized carbons (Fsp3) is 0.455. The first-order valence-corrected chi connectivity index (χ1v) is 4.81. The maximum absolute atomic E-state index is 9.05. The Morgan fingerprint density at radius 1 is 1.23 bits per heavy atom. The predicted octanol–water partition coefficient (Wildman–Crippen LogP) is 2.28. The lowest BCUT2D eigenvalue weighted by Gasteiger charge is -2.03. The highest BCUT2D eigenvalue weighted by Gasteiger charge is 1.91. The molecule has 1 aromatic rings. The molecular weight excluding hydrogens is 162 g/mol. The highest BCUT2D eigenvalue weighted by Crippen LogP contribution is 2.08. The Morgan fingerprint density at radius 3 is 2.54 bits per heavy atom. The van der Waals surface area contributed by atoms with Crippen LogP contribution in [0.2, 0.25) is 0 Å². The van der Waals surface area contributed by atoms with Crippen molar-refractivity contribution in [3.05, 3.63) is 29.8 Å². The van der Waals surface area contributed by atoms with Crippen molar-refractivity contribution >= 4 is 0 Å². The first-order valence-electron chi connectivity index (χ1n) is 4.81. The summed E-state index contributed by atoms with van der Waals surface area (Å²) in [5, 5.41) is 12.4. The highest BCUT2D eigenvalue weighted by atomic mass is 16.3. The minimum Gasteiger partial charge on any atom is -0.508 e. The summed E-state index contributed by atoms with van der Waals surface area (Å²) in [4.78, 5) is 0. The number of unbranched alkanes of at least 4 members (excludes halogenated alkanes) is 1. The molecule has 2 heteroatoms. The van der Waals surface area contributed by atoms with Crippen molar-refractivity contribution in [1.82, 2.24) is 5.32 Å². The smallest absolute Gasteiger partial charge is 0.115 e. The Bertz CT molecular complexity index is 230. The second kappa shape index (κ2) is 5.60. The molecule has 0 saturated carbocycles. The molecule has 0 radical (unpaired) electrons. The van der Waals surface area contributed by atoms with Crippen molar-refractivity contribution in [2.75, 3.05) is 6.54 Å². The van der Waals surface area contributed by atoms with Crippen molar-refractivity contribution in [3.8, 4) is 5.75 Å². The average Bonchev–Trinajstić information content (AvgIpc) is 2.15. The Morgan fingerprint density at radius 2 is 1.92 bits per heavy atom. The summed E-state index contributed by atoms with van der Waals surface area (Å²) in [5.74, 6) is 0.331. The topological polar surface area (TPSA) is 32.3 Å². The molecule has 0 bridgehead atoms. The number of phenols is 1. The SMILES string of the molecule is CCCCNCc1ccc(O)cc1. The van der Waals surface area contributed by atoms with E-state index >= 15 is 0 Å². The quantitative estimate of drug-likeness (QED) is 0.680. The number of hydrogen-bond donors (Lipinski definition) is 2. The number of rotatable bonds is 5. The third-order valence-corrected chi connectivity index (χ3v) is 1.97. The third kappa shape index (κ3) is 3.95. The van der Waals surface area contributed by atoms with Crippen molar-refractivity contribution in [2.24, 2.45) is 0 Å². The van der Waals surface area contributed by atoms with E-state index in [4.69, 9.17) is 5.11 Å². The molecule has 2 nitrogen and oxygen atoms in total. The van der Waals surface area contributed by atoms with Gasteiger partial charge in [-0.3, -0.25) is 0 Å². The van der Waals surface area contributed by atoms with Gasteiger partial charge in [0.15, 0.2) is 0 Å². The minimum atomic E-state index is 0.331. The van der Waals surface area contributed by atoms with Crippen LogP contribution in [0.3, 0.4) is 0 Å². The molecule has 0 heterocycles. The summed E-state index contributed by atoms with van der Waals surface area (Å²) in [5.41, 5.74) is 1.22. The van der Waals surface area contributed by atoms with Crippen LogP contribution in [-0.4, -0.2) is 11.7 Å². The summed E-state index contributed by atoms with van der Waals surface area (Å²) in [7, 11) is 0. The molecule has 0 aromatic heterocycles. The number of aromatic hydroxyl groups is 1. The Hall–Kier alpha value is -1.02. The minimum absolute atomic E-state index is 0.331. The molecular formula is C11H17NO. The Labute approximate surface area is 79.6 Å². The highest BCUT2D eigenvalue weighted by molar-refractivity contribution is 5.25. The number of hydrogen-bond acceptors (Lipinski definition) is 2. The van der Waals surface area contributed by atoms with Gasteiger partial charge in [0.25, 0.3) is 0 Å². The summed E-state index contributed by atoms with van der Waals surface area (Å²) in [6.07, 6.45) is 2.45. The molecule has 13 heavy (non-hydrogen) atoms. The molecule has 72 valence electrons. The van der Waals surface area contributed by atoms with Crippen molar-refractivity contribution in [3.63, 3.8) is 0 Å². The van der Waals surface area contributed by atoms with Crippen LogP contribution in [0.15, 0.2) is 24.3 Å². The van der Waals surface area contributed by atoms with E-state index in [0.717, 1.165) is 13.1 Å². The third-order valence-electron chi connectivity index (χ3n) is 1.97. The van der Waals surface area contributed by atoms with Gasteiger partial charge in [-0.2, -0.15) is 0 Å². The van der Waals surface area contributed by atoms with Gasteiger partial charge in [0.05, 0.1) is 0 Å². The second-order valence-electron chi connectivity index (χ2n) is 3.20. The fourth-order valence-electron chi connectivity index (χ4n) is 1.15. The average molecular weight is 179 g/mol. The van der Waals surface area contributed by atoms with Crippen LogP contribution in [0, 0.1) is 0 Å². The largest absolute Gasteiger partial charge is 0.508 e. The lowest BCUT2D eigenvalue weighted by atomic mass is 10.2. The van der Waals surface area contributed by atoms with E-state index in [1.54, 1.807) is 12.1 Å². The van der Waals surface area contributed by atoms with Crippen LogP contribution in [-0.2, 0) is 6.54 Å². The normalized spacial score (nSPS) is 10.2. The molecule has 0 fully saturated rings. The molecule has 0 unspecified atom stereocenters. The van der Waals surface area contributed by atoms with Crippen molar-refractivity contribution in [1.29, 1.82) is 0 Å². The van der Waals surface area contributed by atoms with Crippen molar-refractivity contribution in [2.45, 2.75) is 26.3 Å². The molecule has 2 N–H and O–H groups in total. The standard InChI is InChI=1S/C11H17NO/c1-2-3-8-12-9-10-4-6-11(13)7-5-10/h4-7,12-13H,2-3,8-9H2,1H3. The van der Waals surface area contributed by atoms with Gasteiger partial charge in [-0.05, 0) is 30.7 Å². The van der Waals surface area contributed by atoms with Crippen LogP contribution in [0.1, 0.15) is 25.3 Å². The van der Waals surface area contributed by atoms with E-state index in [9.17, 15) is 0 Å². The molecule has 1 rings (SSSR count). The second-order valence-corrected chi connectivity index (χ2v) is 3.20. The van der Waals surface area contributed by atoms with E-state index in [0.29, 0.717) is 5.75 Å². The molecule has 0 amide bonds. The lowest BCUT2D eigenvalue weighted by Crippen LogP contribution is -2.14. The number of benzene rings is 1. The van der Waals surface area contributed by atoms with Gasteiger partial charge in [0, 0.05) is 6.54 Å². The van der Waals surface area contributed by atoms with Crippen molar-refractivity contribution < 1.29 is 5.11 Å². The van der Waals surface area contributed by atoms with Gasteiger partial charge in [0.1, 0.15) is 5.75 Å². The van der Waals surface area contributed by atoms with Gasteiger partial charge < -0.3 is 10.4 Å². The number of phenolic OH excluding ortho intramolecular Hbond substituents is 1. The number of nitrogens with one attached hydrogen (secondary N) is 1. The van der Waals surface area contributed by atoms with Crippen LogP contribution in [0.25, 0.3) is 0 Å². The maximum atomic E-state index is 9.05. The molecule has 0 aliphatic heterocycles. The fourth-order valence-corrected chi connectivity index (χ4v) is 1.15. The van der Waals surface area contributed by atoms with Gasteiger partial charge in [-0.1, -0.05) is 25.5 Å². The first-order chi connectivity index (χ1) is 6.33. The van der Waals surface area contributed by atoms with E-state index < -0.39 is 0 Å². The van der Waals surface area contributed by atoms with Crippen LogP contribution in [0.5, 0.6) is 5.75 Å². The van der Waals surface area contributed by atoms with Crippen LogP contribution in [0.4, 0.5) is 0 Å². The van der Waals surface area contributed by atoms with Gasteiger partial charge >= 0.3 is 0 Å². The Kier molecular flexibility index (Phi) is 4.33. The molecule has 1 aromatic carbocycles.